The lowest BCUT2D eigenvalue weighted by atomic mass is 9.96. The minimum absolute atomic E-state index is 0.0296. The van der Waals surface area contributed by atoms with E-state index in [1.165, 1.54) is 38.5 Å². The number of nitrogens with one attached hydrogen (secondary N) is 1. The zero-order valence-electron chi connectivity index (χ0n) is 15.5. The van der Waals surface area contributed by atoms with Crippen LogP contribution in [0.3, 0.4) is 0 Å². The van der Waals surface area contributed by atoms with Gasteiger partial charge in [-0.25, -0.2) is 4.68 Å². The van der Waals surface area contributed by atoms with E-state index in [1.807, 2.05) is 0 Å². The Labute approximate surface area is 154 Å². The second-order valence-corrected chi connectivity index (χ2v) is 8.11. The first-order valence-corrected chi connectivity index (χ1v) is 10.1. The first-order chi connectivity index (χ1) is 12.7. The second-order valence-electron chi connectivity index (χ2n) is 8.11. The summed E-state index contributed by atoms with van der Waals surface area (Å²) in [6.45, 7) is 3.69. The van der Waals surface area contributed by atoms with Crippen LogP contribution in [0.15, 0.2) is 0 Å². The maximum atomic E-state index is 12.5. The largest absolute Gasteiger partial charge is 0.373 e. The SMILES string of the molecule is O=C(Cn1nnnc1CN1CCCCCC1)N[C@H]1COC2(CCCC2)C1. The van der Waals surface area contributed by atoms with Crippen molar-refractivity contribution in [2.24, 2.45) is 0 Å². The predicted molar refractivity (Wildman–Crippen MR) is 95.3 cm³/mol. The van der Waals surface area contributed by atoms with E-state index in [2.05, 4.69) is 25.7 Å². The van der Waals surface area contributed by atoms with Gasteiger partial charge in [0.05, 0.1) is 24.8 Å². The average Bonchev–Trinajstić information content (AvgIpc) is 3.30. The fourth-order valence-corrected chi connectivity index (χ4v) is 4.67. The van der Waals surface area contributed by atoms with Crippen LogP contribution in [0.5, 0.6) is 0 Å². The van der Waals surface area contributed by atoms with E-state index in [-0.39, 0.29) is 24.1 Å². The second kappa shape index (κ2) is 8.00. The van der Waals surface area contributed by atoms with Gasteiger partial charge in [-0.1, -0.05) is 25.7 Å². The molecule has 0 aromatic carbocycles. The molecular weight excluding hydrogens is 332 g/mol. The van der Waals surface area contributed by atoms with Gasteiger partial charge in [0.15, 0.2) is 5.82 Å². The van der Waals surface area contributed by atoms with Crippen molar-refractivity contribution in [3.63, 3.8) is 0 Å². The Morgan fingerprint density at radius 2 is 1.92 bits per heavy atom. The van der Waals surface area contributed by atoms with Gasteiger partial charge in [0, 0.05) is 0 Å². The summed E-state index contributed by atoms with van der Waals surface area (Å²) in [5.74, 6) is 0.745. The van der Waals surface area contributed by atoms with Crippen molar-refractivity contribution in [3.8, 4) is 0 Å². The molecular formula is C18H30N6O2. The van der Waals surface area contributed by atoms with Crippen LogP contribution in [0.2, 0.25) is 0 Å². The van der Waals surface area contributed by atoms with Crippen molar-refractivity contribution in [1.29, 1.82) is 0 Å². The number of rotatable bonds is 5. The molecule has 1 atom stereocenters. The molecule has 1 aliphatic carbocycles. The monoisotopic (exact) mass is 362 g/mol. The van der Waals surface area contributed by atoms with Crippen LogP contribution in [0.1, 0.15) is 63.6 Å². The van der Waals surface area contributed by atoms with Crippen LogP contribution in [0.25, 0.3) is 0 Å². The molecule has 1 spiro atoms. The minimum Gasteiger partial charge on any atom is -0.373 e. The maximum Gasteiger partial charge on any atom is 0.242 e. The molecule has 0 bridgehead atoms. The molecule has 1 aromatic rings. The lowest BCUT2D eigenvalue weighted by Gasteiger charge is -2.21. The highest BCUT2D eigenvalue weighted by atomic mass is 16.5. The summed E-state index contributed by atoms with van der Waals surface area (Å²) in [6, 6.07) is 0.117. The number of carbonyl (C=O) groups excluding carboxylic acids is 1. The third-order valence-electron chi connectivity index (χ3n) is 6.05. The molecule has 3 heterocycles. The normalized spacial score (nSPS) is 26.2. The summed E-state index contributed by atoms with van der Waals surface area (Å²) in [7, 11) is 0. The van der Waals surface area contributed by atoms with Crippen LogP contribution in [0, 0.1) is 0 Å². The fraction of sp³-hybridized carbons (Fsp3) is 0.889. The topological polar surface area (TPSA) is 85.2 Å². The summed E-state index contributed by atoms with van der Waals surface area (Å²) in [6.07, 6.45) is 10.7. The number of amides is 1. The Balaban J connectivity index is 1.29. The molecule has 8 heteroatoms. The third kappa shape index (κ3) is 4.23. The van der Waals surface area contributed by atoms with E-state index in [0.717, 1.165) is 44.7 Å². The van der Waals surface area contributed by atoms with Crippen molar-refractivity contribution < 1.29 is 9.53 Å². The number of hydrogen-bond acceptors (Lipinski definition) is 6. The number of carbonyl (C=O) groups is 1. The summed E-state index contributed by atoms with van der Waals surface area (Å²) < 4.78 is 7.66. The summed E-state index contributed by atoms with van der Waals surface area (Å²) >= 11 is 0. The van der Waals surface area contributed by atoms with Crippen LogP contribution in [0.4, 0.5) is 0 Å². The van der Waals surface area contributed by atoms with E-state index in [0.29, 0.717) is 6.61 Å². The van der Waals surface area contributed by atoms with Crippen molar-refractivity contribution >= 4 is 5.91 Å². The van der Waals surface area contributed by atoms with Gasteiger partial charge in [0.2, 0.25) is 5.91 Å². The molecule has 0 radical (unpaired) electrons. The smallest absolute Gasteiger partial charge is 0.242 e. The molecule has 3 fully saturated rings. The molecule has 1 N–H and O–H groups in total. The van der Waals surface area contributed by atoms with Gasteiger partial charge in [-0.2, -0.15) is 0 Å². The highest BCUT2D eigenvalue weighted by Gasteiger charge is 2.42. The van der Waals surface area contributed by atoms with E-state index in [1.54, 1.807) is 4.68 Å². The van der Waals surface area contributed by atoms with Gasteiger partial charge in [0.25, 0.3) is 0 Å². The molecule has 1 aromatic heterocycles. The Morgan fingerprint density at radius 3 is 2.69 bits per heavy atom. The Morgan fingerprint density at radius 1 is 1.15 bits per heavy atom. The maximum absolute atomic E-state index is 12.5. The number of nitrogens with zero attached hydrogens (tertiary/aromatic N) is 5. The molecule has 2 saturated heterocycles. The molecule has 26 heavy (non-hydrogen) atoms. The minimum atomic E-state index is -0.0296. The van der Waals surface area contributed by atoms with Gasteiger partial charge in [-0.05, 0) is 55.6 Å². The van der Waals surface area contributed by atoms with Crippen molar-refractivity contribution in [2.75, 3.05) is 19.7 Å². The third-order valence-corrected chi connectivity index (χ3v) is 6.05. The van der Waals surface area contributed by atoms with Gasteiger partial charge >= 0.3 is 0 Å². The Hall–Kier alpha value is -1.54. The molecule has 1 saturated carbocycles. The quantitative estimate of drug-likeness (QED) is 0.849. The van der Waals surface area contributed by atoms with Crippen molar-refractivity contribution in [3.05, 3.63) is 5.82 Å². The number of aromatic nitrogens is 4. The summed E-state index contributed by atoms with van der Waals surface area (Å²) in [5.41, 5.74) is 0.0324. The van der Waals surface area contributed by atoms with Gasteiger partial charge in [-0.3, -0.25) is 9.69 Å². The van der Waals surface area contributed by atoms with Gasteiger partial charge < -0.3 is 10.1 Å². The van der Waals surface area contributed by atoms with Crippen molar-refractivity contribution in [1.82, 2.24) is 30.4 Å². The van der Waals surface area contributed by atoms with Gasteiger partial charge in [0.1, 0.15) is 6.54 Å². The lowest BCUT2D eigenvalue weighted by molar-refractivity contribution is -0.122. The van der Waals surface area contributed by atoms with Crippen LogP contribution < -0.4 is 5.32 Å². The molecule has 2 aliphatic heterocycles. The predicted octanol–water partition coefficient (Wildman–Crippen LogP) is 1.27. The standard InChI is InChI=1S/C18H30N6O2/c25-17(19-15-11-18(26-14-15)7-3-4-8-18)13-24-16(20-21-22-24)12-23-9-5-1-2-6-10-23/h15H,1-14H2,(H,19,25)/t15-/m1/s1. The number of likely N-dealkylation sites (tertiary alicyclic amines) is 1. The summed E-state index contributed by atoms with van der Waals surface area (Å²) in [5, 5.41) is 15.1. The first kappa shape index (κ1) is 17.9. The highest BCUT2D eigenvalue weighted by molar-refractivity contribution is 5.76. The average molecular weight is 362 g/mol. The molecule has 4 rings (SSSR count). The molecule has 144 valence electrons. The highest BCUT2D eigenvalue weighted by Crippen LogP contribution is 2.40. The molecule has 3 aliphatic rings. The van der Waals surface area contributed by atoms with E-state index >= 15 is 0 Å². The van der Waals surface area contributed by atoms with Crippen LogP contribution in [-0.4, -0.2) is 62.4 Å². The number of ether oxygens (including phenoxy) is 1. The number of hydrogen-bond donors (Lipinski definition) is 1. The fourth-order valence-electron chi connectivity index (χ4n) is 4.67. The molecule has 0 unspecified atom stereocenters. The molecule has 8 nitrogen and oxygen atoms in total. The lowest BCUT2D eigenvalue weighted by Crippen LogP contribution is -2.39. The van der Waals surface area contributed by atoms with Gasteiger partial charge in [-0.15, -0.1) is 5.10 Å². The van der Waals surface area contributed by atoms with Crippen molar-refractivity contribution in [2.45, 2.75) is 82.5 Å². The van der Waals surface area contributed by atoms with E-state index in [4.69, 9.17) is 4.74 Å². The van der Waals surface area contributed by atoms with Crippen LogP contribution in [-0.2, 0) is 22.6 Å². The Bertz CT molecular complexity index is 605. The number of tetrazole rings is 1. The van der Waals surface area contributed by atoms with E-state index in [9.17, 15) is 4.79 Å². The Kier molecular flexibility index (Phi) is 5.49. The van der Waals surface area contributed by atoms with E-state index < -0.39 is 0 Å². The summed E-state index contributed by atoms with van der Waals surface area (Å²) in [4.78, 5) is 14.9. The van der Waals surface area contributed by atoms with Crippen LogP contribution >= 0.6 is 0 Å². The zero-order chi connectivity index (χ0) is 17.8. The zero-order valence-corrected chi connectivity index (χ0v) is 15.5. The first-order valence-electron chi connectivity index (χ1n) is 10.1. The molecule has 1 amide bonds.